The molecule has 1 rings (SSSR count). The summed E-state index contributed by atoms with van der Waals surface area (Å²) in [7, 11) is 0. The van der Waals surface area contributed by atoms with Gasteiger partial charge in [-0.3, -0.25) is 4.68 Å². The molecule has 0 spiro atoms. The predicted octanol–water partition coefficient (Wildman–Crippen LogP) is 2.35. The highest BCUT2D eigenvalue weighted by atomic mass is 35.5. The SMILES string of the molecule is CCc1c(SC/C=C/Cl)c(CC#N)nn1CCO. The molecule has 0 fully saturated rings. The van der Waals surface area contributed by atoms with Crippen LogP contribution >= 0.6 is 23.4 Å². The normalized spacial score (nSPS) is 11.0. The third-order valence-corrected chi connectivity index (χ3v) is 3.68. The maximum Gasteiger partial charge on any atom is 0.0903 e. The first-order chi connectivity index (χ1) is 8.78. The molecule has 0 saturated carbocycles. The van der Waals surface area contributed by atoms with Crippen molar-refractivity contribution in [2.45, 2.75) is 31.2 Å². The van der Waals surface area contributed by atoms with Crippen LogP contribution in [0.4, 0.5) is 0 Å². The molecule has 0 saturated heterocycles. The van der Waals surface area contributed by atoms with Crippen LogP contribution < -0.4 is 0 Å². The second kappa shape index (κ2) is 8.20. The summed E-state index contributed by atoms with van der Waals surface area (Å²) in [6.07, 6.45) is 2.97. The van der Waals surface area contributed by atoms with Gasteiger partial charge in [-0.15, -0.1) is 11.8 Å². The third kappa shape index (κ3) is 3.77. The molecule has 98 valence electrons. The van der Waals surface area contributed by atoms with Gasteiger partial charge in [0, 0.05) is 11.3 Å². The van der Waals surface area contributed by atoms with Gasteiger partial charge in [0.15, 0.2) is 0 Å². The average molecular weight is 286 g/mol. The zero-order chi connectivity index (χ0) is 13.4. The molecule has 1 aromatic heterocycles. The van der Waals surface area contributed by atoms with Crippen LogP contribution in [0, 0.1) is 11.3 Å². The lowest BCUT2D eigenvalue weighted by molar-refractivity contribution is 0.267. The number of thioether (sulfide) groups is 1. The fourth-order valence-electron chi connectivity index (χ4n) is 1.68. The summed E-state index contributed by atoms with van der Waals surface area (Å²) in [6.45, 7) is 2.56. The minimum absolute atomic E-state index is 0.0480. The summed E-state index contributed by atoms with van der Waals surface area (Å²) in [4.78, 5) is 1.04. The highest BCUT2D eigenvalue weighted by Crippen LogP contribution is 2.28. The number of rotatable bonds is 7. The summed E-state index contributed by atoms with van der Waals surface area (Å²) >= 11 is 7.12. The van der Waals surface area contributed by atoms with Gasteiger partial charge in [-0.05, 0) is 6.42 Å². The van der Waals surface area contributed by atoms with Gasteiger partial charge in [-0.2, -0.15) is 10.4 Å². The molecule has 1 N–H and O–H groups in total. The molecule has 0 aliphatic carbocycles. The van der Waals surface area contributed by atoms with Gasteiger partial charge < -0.3 is 5.11 Å². The van der Waals surface area contributed by atoms with Crippen molar-refractivity contribution in [1.29, 1.82) is 5.26 Å². The first kappa shape index (κ1) is 15.1. The first-order valence-corrected chi connectivity index (χ1v) is 7.15. The third-order valence-electron chi connectivity index (χ3n) is 2.38. The molecule has 0 atom stereocenters. The molecule has 0 radical (unpaired) electrons. The summed E-state index contributed by atoms with van der Waals surface area (Å²) in [5.74, 6) is 0.750. The minimum Gasteiger partial charge on any atom is -0.394 e. The molecule has 0 amide bonds. The summed E-state index contributed by atoms with van der Waals surface area (Å²) in [5, 5.41) is 22.2. The highest BCUT2D eigenvalue weighted by molar-refractivity contribution is 7.99. The van der Waals surface area contributed by atoms with E-state index < -0.39 is 0 Å². The Labute approximate surface area is 116 Å². The Kier molecular flexibility index (Phi) is 6.88. The lowest BCUT2D eigenvalue weighted by atomic mass is 10.2. The topological polar surface area (TPSA) is 61.8 Å². The van der Waals surface area contributed by atoms with Crippen molar-refractivity contribution < 1.29 is 5.11 Å². The van der Waals surface area contributed by atoms with Crippen LogP contribution in [0.2, 0.25) is 0 Å². The Bertz CT molecular complexity index is 451. The molecule has 18 heavy (non-hydrogen) atoms. The molecule has 0 aliphatic heterocycles. The fraction of sp³-hybridized carbons (Fsp3) is 0.500. The number of aliphatic hydroxyl groups excluding tert-OH is 1. The van der Waals surface area contributed by atoms with Crippen LogP contribution in [0.15, 0.2) is 16.5 Å². The van der Waals surface area contributed by atoms with Crippen molar-refractivity contribution in [1.82, 2.24) is 9.78 Å². The van der Waals surface area contributed by atoms with Crippen molar-refractivity contribution in [3.8, 4) is 6.07 Å². The monoisotopic (exact) mass is 285 g/mol. The zero-order valence-corrected chi connectivity index (χ0v) is 11.8. The number of hydrogen-bond donors (Lipinski definition) is 1. The fourth-order valence-corrected chi connectivity index (χ4v) is 2.93. The van der Waals surface area contributed by atoms with Crippen molar-refractivity contribution in [3.05, 3.63) is 23.0 Å². The van der Waals surface area contributed by atoms with E-state index in [4.69, 9.17) is 22.0 Å². The van der Waals surface area contributed by atoms with Gasteiger partial charge in [0.1, 0.15) is 0 Å². The standard InChI is InChI=1S/C12H16ClN3OS/c1-2-11-12(18-9-3-5-13)10(4-6-14)15-16(11)7-8-17/h3,5,17H,2,4,7-9H2,1H3/b5-3+. The number of nitrogens with zero attached hydrogens (tertiary/aromatic N) is 3. The Hall–Kier alpha value is -0.960. The van der Waals surface area contributed by atoms with Gasteiger partial charge in [-0.1, -0.05) is 24.6 Å². The number of nitriles is 1. The maximum atomic E-state index is 9.02. The van der Waals surface area contributed by atoms with E-state index in [1.807, 2.05) is 13.0 Å². The van der Waals surface area contributed by atoms with Crippen LogP contribution in [-0.2, 0) is 19.4 Å². The smallest absolute Gasteiger partial charge is 0.0903 e. The first-order valence-electron chi connectivity index (χ1n) is 5.72. The largest absolute Gasteiger partial charge is 0.394 e. The molecule has 0 aromatic carbocycles. The average Bonchev–Trinajstić information content (AvgIpc) is 2.68. The van der Waals surface area contributed by atoms with E-state index in [9.17, 15) is 0 Å². The zero-order valence-electron chi connectivity index (χ0n) is 10.3. The number of halogens is 1. The highest BCUT2D eigenvalue weighted by Gasteiger charge is 2.16. The van der Waals surface area contributed by atoms with E-state index in [-0.39, 0.29) is 6.61 Å². The molecule has 6 heteroatoms. The molecular formula is C12H16ClN3OS. The Balaban J connectivity index is 3.04. The Morgan fingerprint density at radius 2 is 2.39 bits per heavy atom. The summed E-state index contributed by atoms with van der Waals surface area (Å²) in [6, 6.07) is 2.13. The molecular weight excluding hydrogens is 270 g/mol. The van der Waals surface area contributed by atoms with Crippen LogP contribution in [0.5, 0.6) is 0 Å². The number of aliphatic hydroxyl groups is 1. The van der Waals surface area contributed by atoms with Gasteiger partial charge in [-0.25, -0.2) is 0 Å². The number of hydrogen-bond acceptors (Lipinski definition) is 4. The molecule has 0 aliphatic rings. The summed E-state index contributed by atoms with van der Waals surface area (Å²) in [5.41, 5.74) is 3.35. The molecule has 1 heterocycles. The van der Waals surface area contributed by atoms with Gasteiger partial charge >= 0.3 is 0 Å². The van der Waals surface area contributed by atoms with Crippen LogP contribution in [-0.4, -0.2) is 27.2 Å². The number of aromatic nitrogens is 2. The van der Waals surface area contributed by atoms with E-state index in [1.54, 1.807) is 16.4 Å². The molecule has 4 nitrogen and oxygen atoms in total. The Morgan fingerprint density at radius 1 is 1.61 bits per heavy atom. The second-order valence-electron chi connectivity index (χ2n) is 3.53. The summed E-state index contributed by atoms with van der Waals surface area (Å²) < 4.78 is 1.79. The van der Waals surface area contributed by atoms with Crippen molar-refractivity contribution in [2.75, 3.05) is 12.4 Å². The quantitative estimate of drug-likeness (QED) is 0.781. The molecule has 0 unspecified atom stereocenters. The van der Waals surface area contributed by atoms with Gasteiger partial charge in [0.05, 0.1) is 41.9 Å². The molecule has 1 aromatic rings. The van der Waals surface area contributed by atoms with Gasteiger partial charge in [0.2, 0.25) is 0 Å². The van der Waals surface area contributed by atoms with E-state index in [1.165, 1.54) is 5.54 Å². The van der Waals surface area contributed by atoms with Gasteiger partial charge in [0.25, 0.3) is 0 Å². The van der Waals surface area contributed by atoms with E-state index in [0.717, 1.165) is 28.5 Å². The van der Waals surface area contributed by atoms with E-state index in [2.05, 4.69) is 11.2 Å². The second-order valence-corrected chi connectivity index (χ2v) is 4.81. The van der Waals surface area contributed by atoms with Crippen LogP contribution in [0.1, 0.15) is 18.3 Å². The van der Waals surface area contributed by atoms with E-state index >= 15 is 0 Å². The van der Waals surface area contributed by atoms with Crippen LogP contribution in [0.3, 0.4) is 0 Å². The predicted molar refractivity (Wildman–Crippen MR) is 73.7 cm³/mol. The van der Waals surface area contributed by atoms with Crippen molar-refractivity contribution in [3.63, 3.8) is 0 Å². The van der Waals surface area contributed by atoms with Crippen molar-refractivity contribution >= 4 is 23.4 Å². The van der Waals surface area contributed by atoms with Crippen molar-refractivity contribution in [2.24, 2.45) is 0 Å². The molecule has 0 bridgehead atoms. The van der Waals surface area contributed by atoms with Crippen LogP contribution in [0.25, 0.3) is 0 Å². The minimum atomic E-state index is 0.0480. The van der Waals surface area contributed by atoms with E-state index in [0.29, 0.717) is 13.0 Å². The lowest BCUT2D eigenvalue weighted by Crippen LogP contribution is -2.07. The Morgan fingerprint density at radius 3 is 2.94 bits per heavy atom. The lowest BCUT2D eigenvalue weighted by Gasteiger charge is -2.05. The maximum absolute atomic E-state index is 9.02.